The zero-order valence-corrected chi connectivity index (χ0v) is 16.5. The van der Waals surface area contributed by atoms with E-state index < -0.39 is 0 Å². The number of nitrogens with one attached hydrogen (secondary N) is 1. The molecule has 5 rings (SSSR count). The second-order valence-corrected chi connectivity index (χ2v) is 7.93. The summed E-state index contributed by atoms with van der Waals surface area (Å²) in [6.07, 6.45) is 7.07. The van der Waals surface area contributed by atoms with Gasteiger partial charge in [0.15, 0.2) is 0 Å². The summed E-state index contributed by atoms with van der Waals surface area (Å²) in [5.41, 5.74) is 4.47. The molecule has 2 aromatic carbocycles. The van der Waals surface area contributed by atoms with E-state index in [9.17, 15) is 4.39 Å². The predicted molar refractivity (Wildman–Crippen MR) is 116 cm³/mol. The Bertz CT molecular complexity index is 1110. The number of unbranched alkanes of at least 4 members (excludes halogenated alkanes) is 1. The van der Waals surface area contributed by atoms with E-state index >= 15 is 0 Å². The molecule has 0 aliphatic carbocycles. The third-order valence-electron chi connectivity index (χ3n) is 6.07. The molecule has 5 heteroatoms. The SMILES string of the molecule is Fc1ccc2[nH]cc(CCCCN3CCN(c4ccc5occc5c4)CC3)c2c1. The number of H-pyrrole nitrogens is 1. The summed E-state index contributed by atoms with van der Waals surface area (Å²) < 4.78 is 19.0. The highest BCUT2D eigenvalue weighted by atomic mass is 19.1. The maximum absolute atomic E-state index is 13.5. The van der Waals surface area contributed by atoms with E-state index in [0.717, 1.165) is 62.1 Å². The summed E-state index contributed by atoms with van der Waals surface area (Å²) in [5.74, 6) is -0.164. The molecular formula is C24H26FN3O. The molecule has 150 valence electrons. The maximum Gasteiger partial charge on any atom is 0.133 e. The van der Waals surface area contributed by atoms with Crippen LogP contribution in [-0.2, 0) is 6.42 Å². The summed E-state index contributed by atoms with van der Waals surface area (Å²) in [7, 11) is 0. The largest absolute Gasteiger partial charge is 0.464 e. The smallest absolute Gasteiger partial charge is 0.133 e. The summed E-state index contributed by atoms with van der Waals surface area (Å²) in [5, 5.41) is 2.19. The number of fused-ring (bicyclic) bond motifs is 2. The second-order valence-electron chi connectivity index (χ2n) is 7.93. The number of hydrogen-bond acceptors (Lipinski definition) is 3. The van der Waals surface area contributed by atoms with Gasteiger partial charge >= 0.3 is 0 Å². The van der Waals surface area contributed by atoms with Crippen LogP contribution in [0.25, 0.3) is 21.9 Å². The molecular weight excluding hydrogens is 365 g/mol. The van der Waals surface area contributed by atoms with Crippen LogP contribution in [0.5, 0.6) is 0 Å². The van der Waals surface area contributed by atoms with Crippen LogP contribution in [0.1, 0.15) is 18.4 Å². The average Bonchev–Trinajstić information content (AvgIpc) is 3.38. The number of rotatable bonds is 6. The number of anilines is 1. The van der Waals surface area contributed by atoms with Crippen molar-refractivity contribution < 1.29 is 8.81 Å². The van der Waals surface area contributed by atoms with Gasteiger partial charge in [-0.25, -0.2) is 4.39 Å². The minimum atomic E-state index is -0.164. The Hall–Kier alpha value is -2.79. The molecule has 1 aliphatic heterocycles. The number of benzene rings is 2. The van der Waals surface area contributed by atoms with Crippen LogP contribution in [0.3, 0.4) is 0 Å². The highest BCUT2D eigenvalue weighted by molar-refractivity contribution is 5.83. The van der Waals surface area contributed by atoms with Crippen LogP contribution in [0.4, 0.5) is 10.1 Å². The minimum Gasteiger partial charge on any atom is -0.464 e. The molecule has 29 heavy (non-hydrogen) atoms. The van der Waals surface area contributed by atoms with Crippen molar-refractivity contribution in [3.05, 3.63) is 66.3 Å². The van der Waals surface area contributed by atoms with E-state index in [0.29, 0.717) is 0 Å². The third kappa shape index (κ3) is 3.87. The van der Waals surface area contributed by atoms with E-state index in [2.05, 4.69) is 33.0 Å². The lowest BCUT2D eigenvalue weighted by molar-refractivity contribution is 0.253. The molecule has 1 saturated heterocycles. The molecule has 0 radical (unpaired) electrons. The monoisotopic (exact) mass is 391 g/mol. The minimum absolute atomic E-state index is 0.164. The van der Waals surface area contributed by atoms with Gasteiger partial charge < -0.3 is 14.3 Å². The number of hydrogen-bond donors (Lipinski definition) is 1. The van der Waals surface area contributed by atoms with Crippen molar-refractivity contribution in [1.82, 2.24) is 9.88 Å². The fourth-order valence-corrected chi connectivity index (χ4v) is 4.39. The van der Waals surface area contributed by atoms with Crippen molar-refractivity contribution in [3.8, 4) is 0 Å². The van der Waals surface area contributed by atoms with Gasteiger partial charge in [-0.2, -0.15) is 0 Å². The van der Waals surface area contributed by atoms with Crippen LogP contribution < -0.4 is 4.90 Å². The Labute approximate surface area is 169 Å². The normalized spacial score (nSPS) is 15.6. The van der Waals surface area contributed by atoms with E-state index in [-0.39, 0.29) is 5.82 Å². The van der Waals surface area contributed by atoms with Crippen LogP contribution in [0.2, 0.25) is 0 Å². The van der Waals surface area contributed by atoms with Gasteiger partial charge in [0.1, 0.15) is 11.4 Å². The van der Waals surface area contributed by atoms with E-state index in [4.69, 9.17) is 4.42 Å². The van der Waals surface area contributed by atoms with Gasteiger partial charge in [0.2, 0.25) is 0 Å². The van der Waals surface area contributed by atoms with Crippen LogP contribution in [-0.4, -0.2) is 42.6 Å². The number of aromatic nitrogens is 1. The zero-order chi connectivity index (χ0) is 19.6. The molecule has 2 aromatic heterocycles. The van der Waals surface area contributed by atoms with Gasteiger partial charge in [0.05, 0.1) is 6.26 Å². The standard InChI is InChI=1S/C24H26FN3O/c25-20-4-6-23-22(16-20)19(17-26-23)3-1-2-9-27-10-12-28(13-11-27)21-5-7-24-18(15-21)8-14-29-24/h4-8,14-17,26H,1-3,9-13H2. The first-order chi connectivity index (χ1) is 14.3. The van der Waals surface area contributed by atoms with Gasteiger partial charge in [0.25, 0.3) is 0 Å². The zero-order valence-electron chi connectivity index (χ0n) is 16.5. The van der Waals surface area contributed by atoms with Crippen LogP contribution >= 0.6 is 0 Å². The highest BCUT2D eigenvalue weighted by Crippen LogP contribution is 2.24. The number of halogens is 1. The van der Waals surface area contributed by atoms with Crippen LogP contribution in [0.15, 0.2) is 59.3 Å². The number of piperazine rings is 1. The molecule has 0 saturated carbocycles. The van der Waals surface area contributed by atoms with Crippen molar-refractivity contribution in [2.45, 2.75) is 19.3 Å². The predicted octanol–water partition coefficient (Wildman–Crippen LogP) is 5.20. The molecule has 0 bridgehead atoms. The van der Waals surface area contributed by atoms with Crippen molar-refractivity contribution in [2.24, 2.45) is 0 Å². The van der Waals surface area contributed by atoms with Crippen molar-refractivity contribution in [3.63, 3.8) is 0 Å². The molecule has 4 aromatic rings. The fraction of sp³-hybridized carbons (Fsp3) is 0.333. The molecule has 1 aliphatic rings. The molecule has 0 unspecified atom stereocenters. The molecule has 3 heterocycles. The lowest BCUT2D eigenvalue weighted by Gasteiger charge is -2.36. The Kier molecular flexibility index (Phi) is 4.98. The Morgan fingerprint density at radius 3 is 2.76 bits per heavy atom. The molecule has 0 atom stereocenters. The fourth-order valence-electron chi connectivity index (χ4n) is 4.39. The lowest BCUT2D eigenvalue weighted by atomic mass is 10.1. The summed E-state index contributed by atoms with van der Waals surface area (Å²) in [6.45, 7) is 5.45. The van der Waals surface area contributed by atoms with E-state index in [1.54, 1.807) is 12.3 Å². The average molecular weight is 391 g/mol. The summed E-state index contributed by atoms with van der Waals surface area (Å²) >= 11 is 0. The quantitative estimate of drug-likeness (QED) is 0.459. The Balaban J connectivity index is 1.09. The van der Waals surface area contributed by atoms with Crippen molar-refractivity contribution >= 4 is 27.6 Å². The molecule has 1 N–H and O–H groups in total. The number of nitrogens with zero attached hydrogens (tertiary/aromatic N) is 2. The summed E-state index contributed by atoms with van der Waals surface area (Å²) in [4.78, 5) is 8.27. The lowest BCUT2D eigenvalue weighted by Crippen LogP contribution is -2.46. The van der Waals surface area contributed by atoms with Gasteiger partial charge in [-0.3, -0.25) is 4.90 Å². The first-order valence-corrected chi connectivity index (χ1v) is 10.5. The first kappa shape index (κ1) is 18.3. The second kappa shape index (κ2) is 7.91. The Morgan fingerprint density at radius 2 is 1.86 bits per heavy atom. The number of furan rings is 1. The third-order valence-corrected chi connectivity index (χ3v) is 6.07. The topological polar surface area (TPSA) is 35.4 Å². The molecule has 0 amide bonds. The van der Waals surface area contributed by atoms with Crippen molar-refractivity contribution in [2.75, 3.05) is 37.6 Å². The Morgan fingerprint density at radius 1 is 0.966 bits per heavy atom. The number of aromatic amines is 1. The first-order valence-electron chi connectivity index (χ1n) is 10.5. The van der Waals surface area contributed by atoms with Gasteiger partial charge in [0, 0.05) is 54.4 Å². The molecule has 1 fully saturated rings. The molecule has 4 nitrogen and oxygen atoms in total. The molecule has 0 spiro atoms. The van der Waals surface area contributed by atoms with Crippen molar-refractivity contribution in [1.29, 1.82) is 0 Å². The maximum atomic E-state index is 13.5. The van der Waals surface area contributed by atoms with Gasteiger partial charge in [-0.1, -0.05) is 0 Å². The summed E-state index contributed by atoms with van der Waals surface area (Å²) in [6, 6.07) is 13.4. The van der Waals surface area contributed by atoms with E-state index in [1.807, 2.05) is 18.3 Å². The van der Waals surface area contributed by atoms with Gasteiger partial charge in [-0.15, -0.1) is 0 Å². The number of aryl methyl sites for hydroxylation is 1. The van der Waals surface area contributed by atoms with Crippen LogP contribution in [0, 0.1) is 5.82 Å². The highest BCUT2D eigenvalue weighted by Gasteiger charge is 2.17. The van der Waals surface area contributed by atoms with E-state index in [1.165, 1.54) is 29.1 Å². The van der Waals surface area contributed by atoms with Gasteiger partial charge in [-0.05, 0) is 73.8 Å².